The zero-order valence-corrected chi connectivity index (χ0v) is 18.1. The summed E-state index contributed by atoms with van der Waals surface area (Å²) in [7, 11) is 0. The van der Waals surface area contributed by atoms with Crippen LogP contribution in [-0.2, 0) is 11.3 Å². The number of amides is 1. The minimum absolute atomic E-state index is 0.00810. The molecule has 1 aromatic rings. The van der Waals surface area contributed by atoms with Crippen LogP contribution >= 0.6 is 0 Å². The van der Waals surface area contributed by atoms with Gasteiger partial charge in [-0.2, -0.15) is 0 Å². The van der Waals surface area contributed by atoms with E-state index in [1.165, 1.54) is 24.8 Å². The van der Waals surface area contributed by atoms with Gasteiger partial charge in [-0.05, 0) is 75.0 Å². The van der Waals surface area contributed by atoms with Crippen LogP contribution in [0.2, 0.25) is 0 Å². The average molecular weight is 424 g/mol. The number of aliphatic hydroxyl groups excluding tert-OH is 1. The van der Waals surface area contributed by atoms with E-state index in [0.29, 0.717) is 12.5 Å². The van der Waals surface area contributed by atoms with Crippen LogP contribution in [-0.4, -0.2) is 45.7 Å². The summed E-state index contributed by atoms with van der Waals surface area (Å²) in [5.41, 5.74) is 3.05. The van der Waals surface area contributed by atoms with Gasteiger partial charge in [-0.15, -0.1) is 0 Å². The van der Waals surface area contributed by atoms with Gasteiger partial charge in [0, 0.05) is 49.0 Å². The summed E-state index contributed by atoms with van der Waals surface area (Å²) in [5, 5.41) is 13.6. The summed E-state index contributed by atoms with van der Waals surface area (Å²) in [5.74, 6) is 0.343. The molecule has 0 spiro atoms. The number of carbonyl (C=O) groups is 1. The van der Waals surface area contributed by atoms with Crippen LogP contribution in [0.5, 0.6) is 0 Å². The average Bonchev–Trinajstić information content (AvgIpc) is 3.33. The van der Waals surface area contributed by atoms with E-state index >= 15 is 0 Å². The van der Waals surface area contributed by atoms with Gasteiger partial charge in [0.15, 0.2) is 0 Å². The second-order valence-electron chi connectivity index (χ2n) is 10.4. The van der Waals surface area contributed by atoms with Crippen molar-refractivity contribution in [2.24, 2.45) is 17.8 Å². The molecule has 0 aromatic carbocycles. The molecule has 31 heavy (non-hydrogen) atoms. The Labute approximate surface area is 183 Å². The van der Waals surface area contributed by atoms with E-state index in [-0.39, 0.29) is 48.0 Å². The summed E-state index contributed by atoms with van der Waals surface area (Å²) in [4.78, 5) is 29.4. The topological polar surface area (TPSA) is 74.6 Å². The monoisotopic (exact) mass is 423 g/mol. The van der Waals surface area contributed by atoms with E-state index in [1.54, 1.807) is 0 Å². The van der Waals surface area contributed by atoms with Gasteiger partial charge in [0.25, 0.3) is 5.56 Å². The number of pyridine rings is 1. The first kappa shape index (κ1) is 19.7. The second-order valence-corrected chi connectivity index (χ2v) is 10.4. The van der Waals surface area contributed by atoms with Gasteiger partial charge in [0.1, 0.15) is 0 Å². The number of nitrogens with one attached hydrogen (secondary N) is 1. The Kier molecular flexibility index (Phi) is 4.83. The van der Waals surface area contributed by atoms with Crippen molar-refractivity contribution in [3.05, 3.63) is 39.8 Å². The Morgan fingerprint density at radius 1 is 1.16 bits per heavy atom. The molecular weight excluding hydrogens is 390 g/mol. The zero-order chi connectivity index (χ0) is 21.1. The van der Waals surface area contributed by atoms with Crippen LogP contribution in [0, 0.1) is 17.8 Å². The fourth-order valence-electron chi connectivity index (χ4n) is 6.38. The lowest BCUT2D eigenvalue weighted by Gasteiger charge is -2.38. The molecule has 2 bridgehead atoms. The molecule has 5 aliphatic rings. The van der Waals surface area contributed by atoms with Gasteiger partial charge in [-0.1, -0.05) is 6.08 Å². The van der Waals surface area contributed by atoms with Gasteiger partial charge < -0.3 is 15.0 Å². The Morgan fingerprint density at radius 3 is 2.65 bits per heavy atom. The molecule has 166 valence electrons. The van der Waals surface area contributed by atoms with Gasteiger partial charge in [0.2, 0.25) is 5.91 Å². The molecule has 1 saturated heterocycles. The first-order valence-corrected chi connectivity index (χ1v) is 12.3. The quantitative estimate of drug-likeness (QED) is 0.737. The van der Waals surface area contributed by atoms with Gasteiger partial charge >= 0.3 is 0 Å². The first-order chi connectivity index (χ1) is 15.2. The number of hydrogen-bond acceptors (Lipinski definition) is 4. The highest BCUT2D eigenvalue weighted by molar-refractivity contribution is 5.81. The van der Waals surface area contributed by atoms with Crippen LogP contribution in [0.3, 0.4) is 0 Å². The van der Waals surface area contributed by atoms with Crippen molar-refractivity contribution >= 4 is 11.5 Å². The van der Waals surface area contributed by atoms with Crippen molar-refractivity contribution in [1.29, 1.82) is 0 Å². The predicted molar refractivity (Wildman–Crippen MR) is 118 cm³/mol. The molecule has 3 heterocycles. The van der Waals surface area contributed by atoms with Crippen molar-refractivity contribution in [3.63, 3.8) is 0 Å². The lowest BCUT2D eigenvalue weighted by Crippen LogP contribution is -2.48. The van der Waals surface area contributed by atoms with Crippen LogP contribution in [0.1, 0.15) is 68.7 Å². The molecule has 0 radical (unpaired) electrons. The summed E-state index contributed by atoms with van der Waals surface area (Å²) in [6.07, 6.45) is 11.1. The molecule has 1 aromatic heterocycles. The van der Waals surface area contributed by atoms with Gasteiger partial charge in [-0.3, -0.25) is 14.5 Å². The highest BCUT2D eigenvalue weighted by atomic mass is 16.3. The maximum Gasteiger partial charge on any atom is 0.258 e. The largest absolute Gasteiger partial charge is 0.396 e. The van der Waals surface area contributed by atoms with E-state index in [9.17, 15) is 14.7 Å². The molecule has 1 amide bonds. The zero-order valence-electron chi connectivity index (χ0n) is 18.1. The van der Waals surface area contributed by atoms with E-state index < -0.39 is 0 Å². The molecule has 2 N–H and O–H groups in total. The first-order valence-electron chi connectivity index (χ1n) is 12.3. The molecular formula is C25H33N3O3. The summed E-state index contributed by atoms with van der Waals surface area (Å²) in [6, 6.07) is 4.30. The maximum atomic E-state index is 13.5. The van der Waals surface area contributed by atoms with Crippen LogP contribution < -0.4 is 10.9 Å². The number of carbonyl (C=O) groups excluding carboxylic acids is 1. The number of fused-ring (bicyclic) bond motifs is 4. The fraction of sp³-hybridized carbons (Fsp3) is 0.680. The molecule has 6 nitrogen and oxygen atoms in total. The number of aliphatic hydroxyl groups is 1. The number of rotatable bonds is 6. The molecule has 0 unspecified atom stereocenters. The van der Waals surface area contributed by atoms with Crippen LogP contribution in [0.4, 0.5) is 0 Å². The summed E-state index contributed by atoms with van der Waals surface area (Å²) < 4.78 is 1.94. The normalized spacial score (nSPS) is 32.5. The van der Waals surface area contributed by atoms with Crippen LogP contribution in [0.25, 0.3) is 5.57 Å². The Balaban J connectivity index is 1.41. The third-order valence-corrected chi connectivity index (χ3v) is 8.48. The van der Waals surface area contributed by atoms with Crippen molar-refractivity contribution < 1.29 is 9.90 Å². The van der Waals surface area contributed by atoms with Crippen molar-refractivity contribution in [2.75, 3.05) is 13.2 Å². The predicted octanol–water partition coefficient (Wildman–Crippen LogP) is 2.46. The van der Waals surface area contributed by atoms with E-state index in [0.717, 1.165) is 49.9 Å². The van der Waals surface area contributed by atoms with Gasteiger partial charge in [0.05, 0.1) is 12.0 Å². The number of nitrogens with zero attached hydrogens (tertiary/aromatic N) is 2. The molecule has 6 heteroatoms. The minimum atomic E-state index is -0.293. The third kappa shape index (κ3) is 3.21. The van der Waals surface area contributed by atoms with Crippen molar-refractivity contribution in [2.45, 2.75) is 76.0 Å². The molecule has 2 saturated carbocycles. The molecule has 3 aliphatic carbocycles. The SMILES string of the molecule is O=C(NC1CCC1)[C@@H]1[C@@H](CO)[C@@H]2Cn3c(ccc(C4=CCCC4)c3=O)[C@H]1N2CC1CC1. The van der Waals surface area contributed by atoms with Crippen LogP contribution in [0.15, 0.2) is 23.0 Å². The maximum absolute atomic E-state index is 13.5. The standard InChI is InChI=1S/C25H33N3O3/c29-14-19-21-13-28-20(11-10-18(25(28)31)16-4-1-2-5-16)23(27(21)12-15-8-9-15)22(19)24(30)26-17-6-3-7-17/h4,10-11,15,17,19,21-23,29H,1-3,5-9,12-14H2,(H,26,30)/t19-,21-,22+,23+/m0/s1. The number of allylic oxidation sites excluding steroid dienone is 2. The van der Waals surface area contributed by atoms with Gasteiger partial charge in [-0.25, -0.2) is 0 Å². The van der Waals surface area contributed by atoms with Crippen molar-refractivity contribution in [3.8, 4) is 0 Å². The Morgan fingerprint density at radius 2 is 2.00 bits per heavy atom. The summed E-state index contributed by atoms with van der Waals surface area (Å²) in [6.45, 7) is 1.54. The number of aromatic nitrogens is 1. The minimum Gasteiger partial charge on any atom is -0.396 e. The Hall–Kier alpha value is -1.92. The lowest BCUT2D eigenvalue weighted by atomic mass is 9.85. The van der Waals surface area contributed by atoms with E-state index in [4.69, 9.17) is 0 Å². The molecule has 6 rings (SSSR count). The number of hydrogen-bond donors (Lipinski definition) is 2. The van der Waals surface area contributed by atoms with E-state index in [2.05, 4.69) is 22.4 Å². The van der Waals surface area contributed by atoms with E-state index in [1.807, 2.05) is 10.6 Å². The highest BCUT2D eigenvalue weighted by Gasteiger charge is 2.56. The lowest BCUT2D eigenvalue weighted by molar-refractivity contribution is -0.128. The Bertz CT molecular complexity index is 975. The molecule has 2 aliphatic heterocycles. The fourth-order valence-corrected chi connectivity index (χ4v) is 6.38. The second kappa shape index (κ2) is 7.59. The smallest absolute Gasteiger partial charge is 0.258 e. The highest BCUT2D eigenvalue weighted by Crippen LogP contribution is 2.50. The van der Waals surface area contributed by atoms with Crippen molar-refractivity contribution in [1.82, 2.24) is 14.8 Å². The molecule has 3 fully saturated rings. The molecule has 4 atom stereocenters. The summed E-state index contributed by atoms with van der Waals surface area (Å²) >= 11 is 0. The third-order valence-electron chi connectivity index (χ3n) is 8.48.